The van der Waals surface area contributed by atoms with Crippen LogP contribution >= 0.6 is 0 Å². The third kappa shape index (κ3) is 2.18. The Hall–Kier alpha value is -3.39. The molecule has 0 radical (unpaired) electrons. The van der Waals surface area contributed by atoms with Crippen molar-refractivity contribution >= 4 is 32.7 Å². The van der Waals surface area contributed by atoms with E-state index in [4.69, 9.17) is 4.42 Å². The van der Waals surface area contributed by atoms with Gasteiger partial charge in [0.1, 0.15) is 11.2 Å². The summed E-state index contributed by atoms with van der Waals surface area (Å²) < 4.78 is 6.22. The van der Waals surface area contributed by atoms with E-state index >= 15 is 0 Å². The molecule has 2 nitrogen and oxygen atoms in total. The van der Waals surface area contributed by atoms with Crippen molar-refractivity contribution in [2.24, 2.45) is 0 Å². The Bertz CT molecular complexity index is 1440. The first-order valence-corrected chi connectivity index (χ1v) is 9.79. The van der Waals surface area contributed by atoms with Crippen LogP contribution < -0.4 is 5.43 Å². The SMILES string of the molecule is O=c1c2ccccc2oc2cc(-c3ccccc3)c3cc4c(cc3c12)CCC4. The zero-order valence-electron chi connectivity index (χ0n) is 15.4. The van der Waals surface area contributed by atoms with Crippen LogP contribution in [0.5, 0.6) is 0 Å². The first kappa shape index (κ1) is 15.6. The minimum atomic E-state index is 0.0550. The van der Waals surface area contributed by atoms with Crippen LogP contribution in [0.1, 0.15) is 17.5 Å². The Labute approximate surface area is 162 Å². The average molecular weight is 362 g/mol. The summed E-state index contributed by atoms with van der Waals surface area (Å²) >= 11 is 0. The fraction of sp³-hybridized carbons (Fsp3) is 0.115. The van der Waals surface area contributed by atoms with E-state index in [1.54, 1.807) is 0 Å². The van der Waals surface area contributed by atoms with Crippen LogP contribution in [0.15, 0.2) is 82.0 Å². The summed E-state index contributed by atoms with van der Waals surface area (Å²) in [6.45, 7) is 0. The van der Waals surface area contributed by atoms with Crippen LogP contribution in [-0.4, -0.2) is 0 Å². The van der Waals surface area contributed by atoms with Gasteiger partial charge < -0.3 is 4.42 Å². The van der Waals surface area contributed by atoms with Gasteiger partial charge in [0, 0.05) is 0 Å². The molecule has 0 saturated heterocycles. The molecular formula is C26H18O2. The molecule has 0 atom stereocenters. The molecule has 5 aromatic rings. The Kier molecular flexibility index (Phi) is 3.24. The van der Waals surface area contributed by atoms with Gasteiger partial charge in [-0.15, -0.1) is 0 Å². The van der Waals surface area contributed by atoms with Gasteiger partial charge in [0.25, 0.3) is 0 Å². The second-order valence-corrected chi connectivity index (χ2v) is 7.61. The van der Waals surface area contributed by atoms with E-state index in [-0.39, 0.29) is 5.43 Å². The lowest BCUT2D eigenvalue weighted by molar-refractivity contribution is 0.660. The molecule has 6 rings (SSSR count). The van der Waals surface area contributed by atoms with Crippen molar-refractivity contribution in [3.63, 3.8) is 0 Å². The first-order chi connectivity index (χ1) is 13.8. The Morgan fingerprint density at radius 3 is 2.21 bits per heavy atom. The van der Waals surface area contributed by atoms with Crippen molar-refractivity contribution in [1.82, 2.24) is 0 Å². The van der Waals surface area contributed by atoms with Crippen molar-refractivity contribution in [2.45, 2.75) is 19.3 Å². The molecule has 2 heteroatoms. The van der Waals surface area contributed by atoms with E-state index in [9.17, 15) is 4.79 Å². The van der Waals surface area contributed by atoms with Crippen molar-refractivity contribution in [3.05, 3.63) is 94.1 Å². The van der Waals surface area contributed by atoms with Gasteiger partial charge in [-0.3, -0.25) is 4.79 Å². The molecule has 1 heterocycles. The summed E-state index contributed by atoms with van der Waals surface area (Å²) in [5, 5.41) is 3.49. The number of hydrogen-bond donors (Lipinski definition) is 0. The van der Waals surface area contributed by atoms with Gasteiger partial charge >= 0.3 is 0 Å². The predicted octanol–water partition coefficient (Wildman–Crippen LogP) is 6.26. The number of hydrogen-bond acceptors (Lipinski definition) is 2. The van der Waals surface area contributed by atoms with Crippen LogP contribution in [0.4, 0.5) is 0 Å². The monoisotopic (exact) mass is 362 g/mol. The molecular weight excluding hydrogens is 344 g/mol. The lowest BCUT2D eigenvalue weighted by Crippen LogP contribution is -2.03. The summed E-state index contributed by atoms with van der Waals surface area (Å²) in [6.07, 6.45) is 3.38. The minimum absolute atomic E-state index is 0.0550. The Balaban J connectivity index is 1.86. The van der Waals surface area contributed by atoms with Gasteiger partial charge in [-0.1, -0.05) is 48.5 Å². The number of fused-ring (bicyclic) bond motifs is 5. The van der Waals surface area contributed by atoms with Gasteiger partial charge in [-0.05, 0) is 76.6 Å². The molecule has 0 bridgehead atoms. The predicted molar refractivity (Wildman–Crippen MR) is 115 cm³/mol. The highest BCUT2D eigenvalue weighted by Crippen LogP contribution is 2.38. The molecule has 0 saturated carbocycles. The Morgan fingerprint density at radius 1 is 0.679 bits per heavy atom. The molecule has 28 heavy (non-hydrogen) atoms. The van der Waals surface area contributed by atoms with E-state index in [2.05, 4.69) is 36.4 Å². The second kappa shape index (κ2) is 5.80. The number of benzene rings is 4. The fourth-order valence-corrected chi connectivity index (χ4v) is 4.64. The average Bonchev–Trinajstić information content (AvgIpc) is 3.20. The molecule has 1 aromatic heterocycles. The van der Waals surface area contributed by atoms with Crippen molar-refractivity contribution in [3.8, 4) is 11.1 Å². The van der Waals surface area contributed by atoms with Gasteiger partial charge in [-0.2, -0.15) is 0 Å². The van der Waals surface area contributed by atoms with E-state index in [1.165, 1.54) is 17.5 Å². The van der Waals surface area contributed by atoms with Gasteiger partial charge in [-0.25, -0.2) is 0 Å². The minimum Gasteiger partial charge on any atom is -0.456 e. The van der Waals surface area contributed by atoms with Crippen LogP contribution in [0, 0.1) is 0 Å². The molecule has 0 amide bonds. The number of rotatable bonds is 1. The number of aryl methyl sites for hydroxylation is 2. The van der Waals surface area contributed by atoms with Crippen molar-refractivity contribution in [1.29, 1.82) is 0 Å². The van der Waals surface area contributed by atoms with Crippen LogP contribution in [-0.2, 0) is 12.8 Å². The maximum Gasteiger partial charge on any atom is 0.201 e. The summed E-state index contributed by atoms with van der Waals surface area (Å²) in [6, 6.07) is 24.5. The van der Waals surface area contributed by atoms with E-state index in [0.717, 1.165) is 34.7 Å². The molecule has 0 N–H and O–H groups in total. The summed E-state index contributed by atoms with van der Waals surface area (Å²) in [5.41, 5.74) is 6.40. The third-order valence-corrected chi connectivity index (χ3v) is 5.98. The first-order valence-electron chi connectivity index (χ1n) is 9.79. The molecule has 1 aliphatic rings. The molecule has 0 fully saturated rings. The highest BCUT2D eigenvalue weighted by molar-refractivity contribution is 6.14. The van der Waals surface area contributed by atoms with Gasteiger partial charge in [0.05, 0.1) is 10.8 Å². The zero-order valence-corrected chi connectivity index (χ0v) is 15.4. The standard InChI is InChI=1S/C26H18O2/c27-26-19-11-4-5-12-23(19)28-24-15-20(16-7-2-1-3-8-16)21-13-17-9-6-10-18(17)14-22(21)25(24)26/h1-5,7-8,11-15H,6,9-10H2. The van der Waals surface area contributed by atoms with Crippen LogP contribution in [0.3, 0.4) is 0 Å². The van der Waals surface area contributed by atoms with E-state index in [1.807, 2.05) is 36.4 Å². The maximum atomic E-state index is 13.4. The summed E-state index contributed by atoms with van der Waals surface area (Å²) in [5.74, 6) is 0. The molecule has 0 unspecified atom stereocenters. The van der Waals surface area contributed by atoms with Gasteiger partial charge in [0.15, 0.2) is 0 Å². The highest BCUT2D eigenvalue weighted by Gasteiger charge is 2.19. The molecule has 0 aliphatic heterocycles. The highest BCUT2D eigenvalue weighted by atomic mass is 16.3. The molecule has 134 valence electrons. The smallest absolute Gasteiger partial charge is 0.201 e. The zero-order chi connectivity index (χ0) is 18.7. The van der Waals surface area contributed by atoms with E-state index in [0.29, 0.717) is 21.9 Å². The van der Waals surface area contributed by atoms with Gasteiger partial charge in [0.2, 0.25) is 5.43 Å². The molecule has 0 spiro atoms. The quantitative estimate of drug-likeness (QED) is 0.260. The summed E-state index contributed by atoms with van der Waals surface area (Å²) in [4.78, 5) is 13.4. The van der Waals surface area contributed by atoms with E-state index < -0.39 is 0 Å². The maximum absolute atomic E-state index is 13.4. The molecule has 4 aromatic carbocycles. The lowest BCUT2D eigenvalue weighted by Gasteiger charge is -2.13. The largest absolute Gasteiger partial charge is 0.456 e. The molecule has 1 aliphatic carbocycles. The van der Waals surface area contributed by atoms with Crippen LogP contribution in [0.25, 0.3) is 43.8 Å². The normalized spacial score (nSPS) is 13.4. The lowest BCUT2D eigenvalue weighted by atomic mass is 9.92. The summed E-state index contributed by atoms with van der Waals surface area (Å²) in [7, 11) is 0. The van der Waals surface area contributed by atoms with Crippen molar-refractivity contribution in [2.75, 3.05) is 0 Å². The van der Waals surface area contributed by atoms with Crippen molar-refractivity contribution < 1.29 is 4.42 Å². The van der Waals surface area contributed by atoms with Crippen LogP contribution in [0.2, 0.25) is 0 Å². The third-order valence-electron chi connectivity index (χ3n) is 5.98. The fourth-order valence-electron chi connectivity index (χ4n) is 4.64. The number of para-hydroxylation sites is 1. The Morgan fingerprint density at radius 2 is 1.39 bits per heavy atom. The second-order valence-electron chi connectivity index (χ2n) is 7.61. The topological polar surface area (TPSA) is 30.2 Å².